The summed E-state index contributed by atoms with van der Waals surface area (Å²) in [5.41, 5.74) is 3.15. The number of rotatable bonds is 9. The Bertz CT molecular complexity index is 1830. The number of hydrogen-bond donors (Lipinski definition) is 0. The average Bonchev–Trinajstić information content (AvgIpc) is 3.20. The van der Waals surface area contributed by atoms with E-state index < -0.39 is 0 Å². The Labute approximate surface area is 313 Å². The number of carbonyl (C=O) groups excluding carboxylic acids is 3. The van der Waals surface area contributed by atoms with Crippen molar-refractivity contribution in [1.29, 1.82) is 0 Å². The van der Waals surface area contributed by atoms with Crippen LogP contribution in [0.25, 0.3) is 17.3 Å². The van der Waals surface area contributed by atoms with Crippen molar-refractivity contribution in [1.82, 2.24) is 0 Å². The van der Waals surface area contributed by atoms with Crippen molar-refractivity contribution in [3.05, 3.63) is 234 Å². The molecule has 0 aliphatic rings. The van der Waals surface area contributed by atoms with E-state index in [4.69, 9.17) is 0 Å². The predicted octanol–water partition coefficient (Wildman–Crippen LogP) is 6.81. The number of benzene rings is 6. The van der Waals surface area contributed by atoms with Crippen LogP contribution in [0, 0.1) is 0 Å². The van der Waals surface area contributed by atoms with Gasteiger partial charge in [-0.25, -0.2) is 0 Å². The van der Waals surface area contributed by atoms with E-state index in [9.17, 15) is 29.7 Å². The Hall–Kier alpha value is -6.53. The predicted molar refractivity (Wildman–Crippen MR) is 196 cm³/mol. The van der Waals surface area contributed by atoms with Gasteiger partial charge in [-0.1, -0.05) is 199 Å². The largest absolute Gasteiger partial charge is 3.00 e. The van der Waals surface area contributed by atoms with Crippen molar-refractivity contribution in [2.75, 3.05) is 0 Å². The molecule has 0 N–H and O–H groups in total. The Balaban J connectivity index is 0.000000208. The molecule has 6 aromatic rings. The van der Waals surface area contributed by atoms with Gasteiger partial charge >= 0.3 is 17.1 Å². The molecule has 0 aliphatic carbocycles. The molecule has 0 saturated heterocycles. The van der Waals surface area contributed by atoms with Gasteiger partial charge in [0, 0.05) is 16.7 Å². The van der Waals surface area contributed by atoms with Gasteiger partial charge in [-0.3, -0.25) is 14.4 Å². The standard InChI is InChI=1S/3C15H12O2.Fe/c3*16-14(12-7-3-1-4-8-12)11-15(17)13-9-5-2-6-10-13;/h3*1-11,16H;/q;;;+3/p-3. The third-order valence-electron chi connectivity index (χ3n) is 7.14. The van der Waals surface area contributed by atoms with Crippen molar-refractivity contribution in [2.45, 2.75) is 0 Å². The smallest absolute Gasteiger partial charge is 0.872 e. The summed E-state index contributed by atoms with van der Waals surface area (Å²) in [6.07, 6.45) is 3.39. The van der Waals surface area contributed by atoms with E-state index in [1.54, 1.807) is 146 Å². The van der Waals surface area contributed by atoms with Crippen molar-refractivity contribution in [2.24, 2.45) is 0 Å². The van der Waals surface area contributed by atoms with Crippen LogP contribution in [-0.2, 0) is 17.1 Å². The van der Waals surface area contributed by atoms with Crippen LogP contribution in [0.15, 0.2) is 200 Å². The summed E-state index contributed by atoms with van der Waals surface area (Å²) in [4.78, 5) is 35.3. The van der Waals surface area contributed by atoms with Gasteiger partial charge in [0.05, 0.1) is 0 Å². The molecular weight excluding hydrogens is 692 g/mol. The topological polar surface area (TPSA) is 120 Å². The zero-order chi connectivity index (χ0) is 36.3. The first-order valence-corrected chi connectivity index (χ1v) is 15.9. The van der Waals surface area contributed by atoms with Gasteiger partial charge in [-0.05, 0) is 34.9 Å². The van der Waals surface area contributed by atoms with Crippen LogP contribution in [-0.4, -0.2) is 17.3 Å². The summed E-state index contributed by atoms with van der Waals surface area (Å²) < 4.78 is 0. The second kappa shape index (κ2) is 21.5. The van der Waals surface area contributed by atoms with Crippen LogP contribution in [0.4, 0.5) is 0 Å². The maximum atomic E-state index is 11.8. The summed E-state index contributed by atoms with van der Waals surface area (Å²) in [7, 11) is 0. The van der Waals surface area contributed by atoms with Gasteiger partial charge in [0.2, 0.25) is 0 Å². The fraction of sp³-hybridized carbons (Fsp3) is 0. The molecule has 6 nitrogen and oxygen atoms in total. The number of ketones is 3. The fourth-order valence-corrected chi connectivity index (χ4v) is 4.47. The summed E-state index contributed by atoms with van der Waals surface area (Å²) in [5.74, 6) is -1.59. The molecule has 0 fully saturated rings. The van der Waals surface area contributed by atoms with E-state index in [0.29, 0.717) is 33.4 Å². The van der Waals surface area contributed by atoms with Crippen molar-refractivity contribution in [3.63, 3.8) is 0 Å². The molecule has 0 amide bonds. The van der Waals surface area contributed by atoms with Crippen molar-refractivity contribution >= 4 is 34.6 Å². The molecule has 0 aromatic heterocycles. The zero-order valence-electron chi connectivity index (χ0n) is 27.9. The second-order valence-corrected chi connectivity index (χ2v) is 10.8. The first-order valence-electron chi connectivity index (χ1n) is 15.9. The van der Waals surface area contributed by atoms with E-state index in [0.717, 1.165) is 18.2 Å². The van der Waals surface area contributed by atoms with Gasteiger partial charge < -0.3 is 15.3 Å². The van der Waals surface area contributed by atoms with Crippen molar-refractivity contribution in [3.8, 4) is 0 Å². The Morgan fingerprint density at radius 3 is 0.615 bits per heavy atom. The molecule has 257 valence electrons. The summed E-state index contributed by atoms with van der Waals surface area (Å²) in [6.45, 7) is 0. The normalized spacial score (nSPS) is 11.0. The first-order chi connectivity index (χ1) is 24.8. The molecule has 0 heterocycles. The maximum absolute atomic E-state index is 11.8. The number of carbonyl (C=O) groups is 3. The van der Waals surface area contributed by atoms with Gasteiger partial charge in [0.25, 0.3) is 0 Å². The molecular formula is C45H33FeO6. The number of hydrogen-bond acceptors (Lipinski definition) is 6. The van der Waals surface area contributed by atoms with Gasteiger partial charge in [-0.2, -0.15) is 0 Å². The van der Waals surface area contributed by atoms with Gasteiger partial charge in [0.15, 0.2) is 17.3 Å². The summed E-state index contributed by atoms with van der Waals surface area (Å²) >= 11 is 0. The van der Waals surface area contributed by atoms with Gasteiger partial charge in [-0.15, -0.1) is 0 Å². The Morgan fingerprint density at radius 2 is 0.442 bits per heavy atom. The molecule has 0 atom stereocenters. The molecule has 52 heavy (non-hydrogen) atoms. The van der Waals surface area contributed by atoms with E-state index >= 15 is 0 Å². The molecule has 0 spiro atoms. The first kappa shape index (κ1) is 39.9. The molecule has 0 aliphatic heterocycles. The van der Waals surface area contributed by atoms with Crippen LogP contribution in [0.2, 0.25) is 0 Å². The molecule has 0 saturated carbocycles. The molecule has 6 rings (SSSR count). The third-order valence-corrected chi connectivity index (χ3v) is 7.14. The van der Waals surface area contributed by atoms with E-state index in [1.165, 1.54) is 0 Å². The minimum atomic E-state index is -0.264. The second-order valence-electron chi connectivity index (χ2n) is 10.8. The van der Waals surface area contributed by atoms with E-state index in [2.05, 4.69) is 0 Å². The zero-order valence-corrected chi connectivity index (χ0v) is 29.0. The number of allylic oxidation sites excluding steroid dienone is 3. The Kier molecular flexibility index (Phi) is 16.5. The van der Waals surface area contributed by atoms with E-state index in [-0.39, 0.29) is 51.7 Å². The van der Waals surface area contributed by atoms with E-state index in [1.807, 2.05) is 36.4 Å². The van der Waals surface area contributed by atoms with Gasteiger partial charge in [0.1, 0.15) is 0 Å². The van der Waals surface area contributed by atoms with Crippen LogP contribution >= 0.6 is 0 Å². The van der Waals surface area contributed by atoms with Crippen molar-refractivity contribution < 1.29 is 46.8 Å². The summed E-state index contributed by atoms with van der Waals surface area (Å²) in [6, 6.07) is 52.5. The van der Waals surface area contributed by atoms with Crippen LogP contribution in [0.5, 0.6) is 0 Å². The fourth-order valence-electron chi connectivity index (χ4n) is 4.47. The molecule has 1 radical (unpaired) electrons. The van der Waals surface area contributed by atoms with Crippen LogP contribution < -0.4 is 15.3 Å². The molecule has 6 aromatic carbocycles. The monoisotopic (exact) mass is 725 g/mol. The quantitative estimate of drug-likeness (QED) is 0.0700. The van der Waals surface area contributed by atoms with Crippen LogP contribution in [0.3, 0.4) is 0 Å². The minimum absolute atomic E-state index is 0. The summed E-state index contributed by atoms with van der Waals surface area (Å²) in [5, 5.41) is 35.3. The molecule has 0 bridgehead atoms. The molecule has 7 heteroatoms. The SMILES string of the molecule is O=C(C=C([O-])c1ccccc1)c1ccccc1.O=C(C=C([O-])c1ccccc1)c1ccccc1.O=C(C=C([O-])c1ccccc1)c1ccccc1.[Fe+3]. The maximum Gasteiger partial charge on any atom is 3.00 e. The Morgan fingerprint density at radius 1 is 0.288 bits per heavy atom. The average molecular weight is 726 g/mol. The van der Waals surface area contributed by atoms with Crippen LogP contribution in [0.1, 0.15) is 47.8 Å². The third kappa shape index (κ3) is 13.1. The molecule has 0 unspecified atom stereocenters. The minimum Gasteiger partial charge on any atom is -0.872 e.